The summed E-state index contributed by atoms with van der Waals surface area (Å²) in [7, 11) is 0. The number of hydrogen-bond acceptors (Lipinski definition) is 4. The highest BCUT2D eigenvalue weighted by Gasteiger charge is 2.65. The lowest BCUT2D eigenvalue weighted by molar-refractivity contribution is -0.125. The van der Waals surface area contributed by atoms with Gasteiger partial charge in [0.1, 0.15) is 11.9 Å². The Morgan fingerprint density at radius 3 is 2.30 bits per heavy atom. The lowest BCUT2D eigenvalue weighted by atomic mass is 9.67. The van der Waals surface area contributed by atoms with Crippen molar-refractivity contribution in [2.75, 3.05) is 4.90 Å². The Morgan fingerprint density at radius 1 is 0.970 bits per heavy atom. The molecule has 0 aliphatic carbocycles. The number of Topliss-reactive ketones (excluding diaryl/α,β-unsaturated/α-hetero) is 1. The number of anilines is 1. The third-order valence-electron chi connectivity index (χ3n) is 6.69. The Balaban J connectivity index is 1.81. The number of nitrogens with two attached hydrogens (primary N) is 1. The van der Waals surface area contributed by atoms with Gasteiger partial charge in [-0.05, 0) is 29.3 Å². The van der Waals surface area contributed by atoms with E-state index in [4.69, 9.17) is 5.73 Å². The zero-order valence-electron chi connectivity index (χ0n) is 17.6. The maximum absolute atomic E-state index is 14.0. The fourth-order valence-corrected chi connectivity index (χ4v) is 5.24. The number of carbonyl (C=O) groups is 2. The van der Waals surface area contributed by atoms with Crippen LogP contribution in [0.2, 0.25) is 0 Å². The number of halogens is 1. The summed E-state index contributed by atoms with van der Waals surface area (Å²) in [5, 5.41) is 10.4. The number of benzene rings is 3. The Bertz CT molecular complexity index is 1310. The van der Waals surface area contributed by atoms with Crippen LogP contribution in [0.5, 0.6) is 0 Å². The summed E-state index contributed by atoms with van der Waals surface area (Å²) in [5.41, 5.74) is 6.76. The van der Waals surface area contributed by atoms with Crippen LogP contribution in [0.1, 0.15) is 27.4 Å². The quantitative estimate of drug-likeness (QED) is 0.624. The van der Waals surface area contributed by atoms with Crippen LogP contribution in [0, 0.1) is 22.6 Å². The first-order chi connectivity index (χ1) is 16.0. The van der Waals surface area contributed by atoms with E-state index in [1.54, 1.807) is 30.3 Å². The highest BCUT2D eigenvalue weighted by Crippen LogP contribution is 2.55. The SMILES string of the molecule is N#C[C@]1(C(N)=O)[C@H](c2ccc(F)cc2)[C@@H](C(=O)c2ccccc2)N2c3ccccc3C=C[C@@H]21. The molecule has 1 fully saturated rings. The van der Waals surface area contributed by atoms with Crippen molar-refractivity contribution in [2.45, 2.75) is 18.0 Å². The molecule has 0 radical (unpaired) electrons. The molecule has 0 aromatic heterocycles. The van der Waals surface area contributed by atoms with Gasteiger partial charge in [-0.25, -0.2) is 4.39 Å². The van der Waals surface area contributed by atoms with Crippen LogP contribution in [0.3, 0.4) is 0 Å². The molecule has 3 aromatic rings. The Kier molecular flexibility index (Phi) is 4.83. The van der Waals surface area contributed by atoms with Gasteiger partial charge in [-0.1, -0.05) is 72.8 Å². The van der Waals surface area contributed by atoms with Gasteiger partial charge in [-0.2, -0.15) is 5.26 Å². The molecule has 4 atom stereocenters. The van der Waals surface area contributed by atoms with Crippen molar-refractivity contribution in [1.29, 1.82) is 5.26 Å². The second-order valence-corrected chi connectivity index (χ2v) is 8.32. The minimum atomic E-state index is -1.74. The first kappa shape index (κ1) is 20.7. The number of rotatable bonds is 4. The Hall–Kier alpha value is -4.24. The number of nitriles is 1. The zero-order chi connectivity index (χ0) is 23.2. The molecule has 5 nitrogen and oxygen atoms in total. The van der Waals surface area contributed by atoms with Gasteiger partial charge in [-0.15, -0.1) is 0 Å². The minimum absolute atomic E-state index is 0.238. The lowest BCUT2D eigenvalue weighted by Crippen LogP contribution is -2.49. The summed E-state index contributed by atoms with van der Waals surface area (Å²) in [4.78, 5) is 28.9. The highest BCUT2D eigenvalue weighted by atomic mass is 19.1. The molecule has 0 saturated carbocycles. The number of hydrogen-bond donors (Lipinski definition) is 1. The van der Waals surface area contributed by atoms with Gasteiger partial charge in [-0.3, -0.25) is 9.59 Å². The molecule has 0 bridgehead atoms. The Morgan fingerprint density at radius 2 is 1.64 bits per heavy atom. The van der Waals surface area contributed by atoms with E-state index in [1.807, 2.05) is 41.3 Å². The summed E-state index contributed by atoms with van der Waals surface area (Å²) < 4.78 is 13.8. The number of para-hydroxylation sites is 1. The van der Waals surface area contributed by atoms with E-state index in [-0.39, 0.29) is 5.78 Å². The van der Waals surface area contributed by atoms with Crippen molar-refractivity contribution in [2.24, 2.45) is 11.1 Å². The van der Waals surface area contributed by atoms with Crippen LogP contribution in [0.25, 0.3) is 6.08 Å². The zero-order valence-corrected chi connectivity index (χ0v) is 17.6. The normalized spacial score (nSPS) is 25.1. The van der Waals surface area contributed by atoms with Crippen molar-refractivity contribution in [3.05, 3.63) is 107 Å². The number of nitrogens with zero attached hydrogens (tertiary/aromatic N) is 2. The van der Waals surface area contributed by atoms with Gasteiger partial charge in [0.15, 0.2) is 11.2 Å². The third kappa shape index (κ3) is 2.97. The molecule has 2 aliphatic rings. The number of amides is 1. The van der Waals surface area contributed by atoms with E-state index in [0.717, 1.165) is 11.3 Å². The summed E-state index contributed by atoms with van der Waals surface area (Å²) >= 11 is 0. The van der Waals surface area contributed by atoms with Crippen molar-refractivity contribution in [1.82, 2.24) is 0 Å². The summed E-state index contributed by atoms with van der Waals surface area (Å²) in [6.45, 7) is 0. The lowest BCUT2D eigenvalue weighted by Gasteiger charge is -2.36. The first-order valence-corrected chi connectivity index (χ1v) is 10.6. The van der Waals surface area contributed by atoms with Crippen LogP contribution in [-0.2, 0) is 4.79 Å². The van der Waals surface area contributed by atoms with Crippen molar-refractivity contribution < 1.29 is 14.0 Å². The molecule has 1 amide bonds. The van der Waals surface area contributed by atoms with E-state index < -0.39 is 35.1 Å². The van der Waals surface area contributed by atoms with Gasteiger partial charge in [0.2, 0.25) is 5.91 Å². The van der Waals surface area contributed by atoms with Crippen LogP contribution in [0.15, 0.2) is 84.9 Å². The maximum Gasteiger partial charge on any atom is 0.241 e. The molecule has 33 heavy (non-hydrogen) atoms. The molecular weight excluding hydrogens is 417 g/mol. The number of ketones is 1. The molecule has 6 heteroatoms. The fourth-order valence-electron chi connectivity index (χ4n) is 5.24. The van der Waals surface area contributed by atoms with Gasteiger partial charge >= 0.3 is 0 Å². The molecule has 2 aliphatic heterocycles. The summed E-state index contributed by atoms with van der Waals surface area (Å²) in [6.07, 6.45) is 3.62. The van der Waals surface area contributed by atoms with Crippen LogP contribution >= 0.6 is 0 Å². The third-order valence-corrected chi connectivity index (χ3v) is 6.69. The number of primary amides is 1. The number of carbonyl (C=O) groups excluding carboxylic acids is 2. The standard InChI is InChI=1S/C27H20FN3O2/c28-20-13-10-18(11-14-20)23-24(25(32)19-7-2-1-3-8-19)31-21-9-5-4-6-17(21)12-15-22(31)27(23,16-29)26(30)33/h1-15,22-24H,(H2,30,33)/t22-,23-,24+,27-/m1/s1. The fraction of sp³-hybridized carbons (Fsp3) is 0.148. The first-order valence-electron chi connectivity index (χ1n) is 10.6. The molecular formula is C27H20FN3O2. The Labute approximate surface area is 190 Å². The van der Waals surface area contributed by atoms with Crippen LogP contribution in [0.4, 0.5) is 10.1 Å². The summed E-state index contributed by atoms with van der Waals surface area (Å²) in [5.74, 6) is -2.42. The molecule has 1 saturated heterocycles. The predicted octanol–water partition coefficient (Wildman–Crippen LogP) is 4.07. The minimum Gasteiger partial charge on any atom is -0.368 e. The van der Waals surface area contributed by atoms with Crippen molar-refractivity contribution >= 4 is 23.5 Å². The topological polar surface area (TPSA) is 87.2 Å². The average molecular weight is 437 g/mol. The second-order valence-electron chi connectivity index (χ2n) is 8.32. The van der Waals surface area contributed by atoms with Gasteiger partial charge in [0, 0.05) is 17.2 Å². The van der Waals surface area contributed by atoms with E-state index in [1.165, 1.54) is 24.3 Å². The van der Waals surface area contributed by atoms with Crippen LogP contribution in [-0.4, -0.2) is 23.8 Å². The summed E-state index contributed by atoms with van der Waals surface area (Å²) in [6, 6.07) is 22.4. The second kappa shape index (κ2) is 7.72. The van der Waals surface area contributed by atoms with Gasteiger partial charge in [0.25, 0.3) is 0 Å². The molecule has 2 N–H and O–H groups in total. The van der Waals surface area contributed by atoms with Crippen molar-refractivity contribution in [3.63, 3.8) is 0 Å². The van der Waals surface area contributed by atoms with Gasteiger partial charge in [0.05, 0.1) is 12.1 Å². The smallest absolute Gasteiger partial charge is 0.241 e. The van der Waals surface area contributed by atoms with Gasteiger partial charge < -0.3 is 10.6 Å². The van der Waals surface area contributed by atoms with Crippen molar-refractivity contribution in [3.8, 4) is 6.07 Å². The van der Waals surface area contributed by atoms with E-state index >= 15 is 0 Å². The molecule has 0 unspecified atom stereocenters. The highest BCUT2D eigenvalue weighted by molar-refractivity contribution is 6.06. The molecule has 2 heterocycles. The predicted molar refractivity (Wildman–Crippen MR) is 123 cm³/mol. The molecule has 5 rings (SSSR count). The van der Waals surface area contributed by atoms with E-state index in [2.05, 4.69) is 6.07 Å². The average Bonchev–Trinajstić information content (AvgIpc) is 3.16. The molecule has 162 valence electrons. The monoisotopic (exact) mass is 437 g/mol. The molecule has 3 aromatic carbocycles. The van der Waals surface area contributed by atoms with Crippen LogP contribution < -0.4 is 10.6 Å². The largest absolute Gasteiger partial charge is 0.368 e. The van der Waals surface area contributed by atoms with E-state index in [0.29, 0.717) is 11.1 Å². The maximum atomic E-state index is 14.0. The number of fused-ring (bicyclic) bond motifs is 3. The molecule has 0 spiro atoms. The van der Waals surface area contributed by atoms with E-state index in [9.17, 15) is 19.2 Å².